The lowest BCUT2D eigenvalue weighted by molar-refractivity contribution is 1.45. The second-order valence-electron chi connectivity index (χ2n) is 3.05. The van der Waals surface area contributed by atoms with Crippen molar-refractivity contribution in [2.75, 3.05) is 0 Å². The van der Waals surface area contributed by atoms with Gasteiger partial charge in [-0.05, 0) is 33.0 Å². The van der Waals surface area contributed by atoms with Crippen molar-refractivity contribution in [3.05, 3.63) is 59.8 Å². The molecule has 2 N–H and O–H groups in total. The molecule has 1 heteroatoms. The summed E-state index contributed by atoms with van der Waals surface area (Å²) in [6.45, 7) is 10.1. The van der Waals surface area contributed by atoms with Crippen molar-refractivity contribution in [2.45, 2.75) is 34.6 Å². The third kappa shape index (κ3) is 12.5. The van der Waals surface area contributed by atoms with Gasteiger partial charge in [-0.15, -0.1) is 0 Å². The maximum atomic E-state index is 5.08. The van der Waals surface area contributed by atoms with Gasteiger partial charge in [-0.25, -0.2) is 0 Å². The topological polar surface area (TPSA) is 26.0 Å². The molecule has 0 aliphatic carbocycles. The van der Waals surface area contributed by atoms with Crippen molar-refractivity contribution in [3.8, 4) is 0 Å². The molecule has 0 aliphatic heterocycles. The summed E-state index contributed by atoms with van der Waals surface area (Å²) in [5, 5.41) is 0. The van der Waals surface area contributed by atoms with Crippen LogP contribution in [0.3, 0.4) is 0 Å². The summed E-state index contributed by atoms with van der Waals surface area (Å²) in [5.41, 5.74) is 7.60. The number of nitrogens with two attached hydrogens (primary N) is 1. The maximum Gasteiger partial charge on any atom is -0.00598 e. The fourth-order valence-corrected chi connectivity index (χ4v) is 0.782. The van der Waals surface area contributed by atoms with E-state index in [-0.39, 0.29) is 0 Å². The zero-order valence-electron chi connectivity index (χ0n) is 11.2. The Hall–Kier alpha value is -1.50. The zero-order chi connectivity index (χ0) is 12.8. The molecule has 0 bridgehead atoms. The van der Waals surface area contributed by atoms with Gasteiger partial charge in [0.05, 0.1) is 0 Å². The first-order valence-electron chi connectivity index (χ1n) is 5.73. The van der Waals surface area contributed by atoms with Gasteiger partial charge in [-0.2, -0.15) is 0 Å². The molecule has 0 unspecified atom stereocenters. The summed E-state index contributed by atoms with van der Waals surface area (Å²) in [6.07, 6.45) is 5.40. The molecule has 0 aliphatic rings. The normalized spacial score (nSPS) is 9.94. The van der Waals surface area contributed by atoms with Gasteiger partial charge in [0, 0.05) is 0 Å². The molecular formula is C15H25N. The number of hydrogen-bond acceptors (Lipinski definition) is 1. The van der Waals surface area contributed by atoms with Crippen molar-refractivity contribution in [2.24, 2.45) is 5.73 Å². The van der Waals surface area contributed by atoms with Crippen LogP contribution in [0.5, 0.6) is 0 Å². The Kier molecular flexibility index (Phi) is 14.3. The molecule has 16 heavy (non-hydrogen) atoms. The minimum absolute atomic E-state index is 1.20. The van der Waals surface area contributed by atoms with Crippen LogP contribution in [0.4, 0.5) is 0 Å². The SMILES string of the molecule is C/C=C(C)\C=C/N.CC.Cc1ccccc1. The minimum Gasteiger partial charge on any atom is -0.405 e. The summed E-state index contributed by atoms with van der Waals surface area (Å²) in [6, 6.07) is 10.3. The van der Waals surface area contributed by atoms with Gasteiger partial charge in [0.25, 0.3) is 0 Å². The molecule has 1 aromatic carbocycles. The lowest BCUT2D eigenvalue weighted by Crippen LogP contribution is -1.75. The van der Waals surface area contributed by atoms with E-state index >= 15 is 0 Å². The summed E-state index contributed by atoms with van der Waals surface area (Å²) < 4.78 is 0. The third-order valence-electron chi connectivity index (χ3n) is 1.75. The summed E-state index contributed by atoms with van der Waals surface area (Å²) >= 11 is 0. The second-order valence-corrected chi connectivity index (χ2v) is 3.05. The molecule has 90 valence electrons. The molecule has 0 atom stereocenters. The smallest absolute Gasteiger partial charge is 0.00598 e. The fourth-order valence-electron chi connectivity index (χ4n) is 0.782. The molecule has 1 nitrogen and oxygen atoms in total. The monoisotopic (exact) mass is 219 g/mol. The van der Waals surface area contributed by atoms with E-state index in [1.54, 1.807) is 0 Å². The third-order valence-corrected chi connectivity index (χ3v) is 1.75. The van der Waals surface area contributed by atoms with Crippen LogP contribution in [0.15, 0.2) is 54.3 Å². The summed E-state index contributed by atoms with van der Waals surface area (Å²) in [4.78, 5) is 0. The molecular weight excluding hydrogens is 194 g/mol. The average molecular weight is 219 g/mol. The largest absolute Gasteiger partial charge is 0.405 e. The van der Waals surface area contributed by atoms with E-state index in [2.05, 4.69) is 19.1 Å². The van der Waals surface area contributed by atoms with Crippen LogP contribution in [-0.2, 0) is 0 Å². The van der Waals surface area contributed by atoms with Crippen molar-refractivity contribution >= 4 is 0 Å². The lowest BCUT2D eigenvalue weighted by atomic mass is 10.2. The number of hydrogen-bond donors (Lipinski definition) is 1. The van der Waals surface area contributed by atoms with E-state index in [1.165, 1.54) is 17.3 Å². The van der Waals surface area contributed by atoms with Gasteiger partial charge in [-0.1, -0.05) is 61.4 Å². The molecule has 0 amide bonds. The van der Waals surface area contributed by atoms with Crippen LogP contribution < -0.4 is 5.73 Å². The van der Waals surface area contributed by atoms with E-state index in [4.69, 9.17) is 5.73 Å². The van der Waals surface area contributed by atoms with Gasteiger partial charge >= 0.3 is 0 Å². The van der Waals surface area contributed by atoms with Crippen molar-refractivity contribution < 1.29 is 0 Å². The highest BCUT2D eigenvalue weighted by Gasteiger charge is 1.72. The fraction of sp³-hybridized carbons (Fsp3) is 0.333. The molecule has 0 radical (unpaired) electrons. The van der Waals surface area contributed by atoms with Crippen LogP contribution >= 0.6 is 0 Å². The summed E-state index contributed by atoms with van der Waals surface area (Å²) in [7, 11) is 0. The first-order chi connectivity index (χ1) is 7.70. The van der Waals surface area contributed by atoms with Gasteiger partial charge in [0.15, 0.2) is 0 Å². The van der Waals surface area contributed by atoms with Gasteiger partial charge in [-0.3, -0.25) is 0 Å². The predicted octanol–water partition coefficient (Wildman–Crippen LogP) is 4.45. The first kappa shape index (κ1) is 16.9. The Bertz CT molecular complexity index is 284. The highest BCUT2D eigenvalue weighted by atomic mass is 14.5. The van der Waals surface area contributed by atoms with Crippen molar-refractivity contribution in [3.63, 3.8) is 0 Å². The van der Waals surface area contributed by atoms with Crippen LogP contribution in [-0.4, -0.2) is 0 Å². The highest BCUT2D eigenvalue weighted by molar-refractivity contribution is 5.13. The Morgan fingerprint density at radius 3 is 1.81 bits per heavy atom. The molecule has 0 fully saturated rings. The standard InChI is InChI=1S/C7H8.C6H11N.C2H6/c1-7-5-3-2-4-6-7;1-3-6(2)4-5-7;1-2/h2-6H,1H3;3-5H,7H2,1-2H3;1-2H3/b;5-4-,6-3-;. The number of rotatable bonds is 1. The molecule has 0 saturated carbocycles. The van der Waals surface area contributed by atoms with Gasteiger partial charge in [0.1, 0.15) is 0 Å². The maximum absolute atomic E-state index is 5.08. The summed E-state index contributed by atoms with van der Waals surface area (Å²) in [5.74, 6) is 0. The van der Waals surface area contributed by atoms with E-state index in [0.29, 0.717) is 0 Å². The minimum atomic E-state index is 1.20. The molecule has 0 aromatic heterocycles. The molecule has 0 spiro atoms. The lowest BCUT2D eigenvalue weighted by Gasteiger charge is -1.82. The molecule has 1 rings (SSSR count). The van der Waals surface area contributed by atoms with E-state index in [9.17, 15) is 0 Å². The number of benzene rings is 1. The first-order valence-corrected chi connectivity index (χ1v) is 5.73. The second kappa shape index (κ2) is 13.5. The van der Waals surface area contributed by atoms with Crippen LogP contribution in [0.1, 0.15) is 33.3 Å². The van der Waals surface area contributed by atoms with Crippen LogP contribution in [0.25, 0.3) is 0 Å². The Morgan fingerprint density at radius 1 is 1.12 bits per heavy atom. The Labute approximate surface area is 101 Å². The highest BCUT2D eigenvalue weighted by Crippen LogP contribution is 1.92. The number of aryl methyl sites for hydroxylation is 1. The van der Waals surface area contributed by atoms with Crippen LogP contribution in [0.2, 0.25) is 0 Å². The Balaban J connectivity index is 0. The molecule has 1 aromatic rings. The number of allylic oxidation sites excluding steroid dienone is 3. The van der Waals surface area contributed by atoms with E-state index < -0.39 is 0 Å². The van der Waals surface area contributed by atoms with Crippen LogP contribution in [0, 0.1) is 6.92 Å². The van der Waals surface area contributed by atoms with E-state index in [0.717, 1.165) is 0 Å². The van der Waals surface area contributed by atoms with E-state index in [1.807, 2.05) is 58.0 Å². The van der Waals surface area contributed by atoms with Crippen molar-refractivity contribution in [1.82, 2.24) is 0 Å². The Morgan fingerprint density at radius 2 is 1.62 bits per heavy atom. The molecule has 0 heterocycles. The van der Waals surface area contributed by atoms with Gasteiger partial charge < -0.3 is 5.73 Å². The zero-order valence-corrected chi connectivity index (χ0v) is 11.2. The molecule has 0 saturated heterocycles. The van der Waals surface area contributed by atoms with Crippen molar-refractivity contribution in [1.29, 1.82) is 0 Å². The predicted molar refractivity (Wildman–Crippen MR) is 75.3 cm³/mol. The quantitative estimate of drug-likeness (QED) is 0.694. The van der Waals surface area contributed by atoms with Gasteiger partial charge in [0.2, 0.25) is 0 Å². The average Bonchev–Trinajstić information content (AvgIpc) is 2.34.